The van der Waals surface area contributed by atoms with Crippen LogP contribution in [0.3, 0.4) is 0 Å². The molecule has 1 saturated carbocycles. The van der Waals surface area contributed by atoms with Gasteiger partial charge >= 0.3 is 6.09 Å². The largest absolute Gasteiger partial charge is 0.444 e. The summed E-state index contributed by atoms with van der Waals surface area (Å²) in [6, 6.07) is -0.706. The summed E-state index contributed by atoms with van der Waals surface area (Å²) in [5, 5.41) is 6.39. The molecule has 0 spiro atoms. The normalized spacial score (nSPS) is 23.8. The molecule has 1 fully saturated rings. The number of nitrogens with one attached hydrogen (secondary N) is 2. The standard InChI is InChI=1S/C22H35N5O4S/c1-22(2,3)31-21(30)25-14-8-7-13(20(29)26(4)5)11-16(14)23-18(28)19-24-15-9-10-27(6)12-17(15)32-19/h13-14,16H,7-12H2,1-6H3,(H,23,28)(H,25,30)/t13-,14-,16?/m0/s1. The predicted molar refractivity (Wildman–Crippen MR) is 123 cm³/mol. The van der Waals surface area contributed by atoms with Gasteiger partial charge in [-0.1, -0.05) is 0 Å². The predicted octanol–water partition coefficient (Wildman–Crippen LogP) is 2.01. The summed E-state index contributed by atoms with van der Waals surface area (Å²) in [5.41, 5.74) is 0.375. The average molecular weight is 466 g/mol. The van der Waals surface area contributed by atoms with E-state index in [-0.39, 0.29) is 29.8 Å². The van der Waals surface area contributed by atoms with Gasteiger partial charge < -0.3 is 25.2 Å². The topological polar surface area (TPSA) is 104 Å². The van der Waals surface area contributed by atoms with Crippen LogP contribution in [0.5, 0.6) is 0 Å². The minimum atomic E-state index is -0.617. The molecule has 3 atom stereocenters. The molecule has 1 unspecified atom stereocenters. The molecule has 0 saturated heterocycles. The van der Waals surface area contributed by atoms with Gasteiger partial charge in [-0.25, -0.2) is 9.78 Å². The first kappa shape index (κ1) is 24.4. The second-order valence-electron chi connectivity index (χ2n) is 9.95. The first-order valence-corrected chi connectivity index (χ1v) is 11.9. The number of hydrogen-bond donors (Lipinski definition) is 2. The zero-order valence-electron chi connectivity index (χ0n) is 19.9. The van der Waals surface area contributed by atoms with E-state index in [1.54, 1.807) is 39.8 Å². The smallest absolute Gasteiger partial charge is 0.407 e. The second kappa shape index (κ2) is 9.74. The van der Waals surface area contributed by atoms with Crippen LogP contribution in [0.1, 0.15) is 60.4 Å². The minimum Gasteiger partial charge on any atom is -0.444 e. The Morgan fingerprint density at radius 2 is 1.88 bits per heavy atom. The zero-order valence-corrected chi connectivity index (χ0v) is 20.7. The van der Waals surface area contributed by atoms with Crippen molar-refractivity contribution in [3.63, 3.8) is 0 Å². The maximum atomic E-state index is 13.1. The molecule has 32 heavy (non-hydrogen) atoms. The highest BCUT2D eigenvalue weighted by molar-refractivity contribution is 7.13. The van der Waals surface area contributed by atoms with Gasteiger partial charge in [0, 0.05) is 44.4 Å². The molecule has 1 aliphatic heterocycles. The number of fused-ring (bicyclic) bond motifs is 1. The Bertz CT molecular complexity index is 863. The van der Waals surface area contributed by atoms with Crippen molar-refractivity contribution in [3.05, 3.63) is 15.6 Å². The number of carbonyl (C=O) groups is 3. The number of alkyl carbamates (subject to hydrolysis) is 1. The number of thiazole rings is 1. The molecular weight excluding hydrogens is 430 g/mol. The van der Waals surface area contributed by atoms with E-state index in [0.717, 1.165) is 30.1 Å². The highest BCUT2D eigenvalue weighted by Gasteiger charge is 2.37. The van der Waals surface area contributed by atoms with Crippen LogP contribution < -0.4 is 10.6 Å². The molecule has 3 rings (SSSR count). The molecule has 178 valence electrons. The molecule has 2 aliphatic rings. The lowest BCUT2D eigenvalue weighted by molar-refractivity contribution is -0.134. The molecule has 2 heterocycles. The van der Waals surface area contributed by atoms with E-state index in [1.807, 2.05) is 0 Å². The van der Waals surface area contributed by atoms with Crippen LogP contribution >= 0.6 is 11.3 Å². The third-order valence-corrected chi connectivity index (χ3v) is 6.86. The molecule has 1 aliphatic carbocycles. The van der Waals surface area contributed by atoms with Crippen molar-refractivity contribution in [2.75, 3.05) is 27.7 Å². The van der Waals surface area contributed by atoms with Gasteiger partial charge in [0.05, 0.1) is 17.8 Å². The molecule has 0 bridgehead atoms. The van der Waals surface area contributed by atoms with Crippen LogP contribution in [0.25, 0.3) is 0 Å². The van der Waals surface area contributed by atoms with Crippen molar-refractivity contribution in [2.45, 2.75) is 70.7 Å². The molecule has 3 amide bonds. The monoisotopic (exact) mass is 465 g/mol. The Morgan fingerprint density at radius 1 is 1.16 bits per heavy atom. The van der Waals surface area contributed by atoms with Crippen LogP contribution in [0.15, 0.2) is 0 Å². The van der Waals surface area contributed by atoms with E-state index < -0.39 is 11.7 Å². The number of likely N-dealkylation sites (N-methyl/N-ethyl adjacent to an activating group) is 1. The summed E-state index contributed by atoms with van der Waals surface area (Å²) in [5.74, 6) is -0.427. The fourth-order valence-electron chi connectivity index (χ4n) is 4.20. The van der Waals surface area contributed by atoms with Gasteiger partial charge in [0.1, 0.15) is 5.60 Å². The Balaban J connectivity index is 1.73. The maximum Gasteiger partial charge on any atom is 0.407 e. The Hall–Kier alpha value is -2.20. The number of rotatable bonds is 4. The molecule has 0 radical (unpaired) electrons. The van der Waals surface area contributed by atoms with Crippen LogP contribution in [-0.4, -0.2) is 78.1 Å². The summed E-state index contributed by atoms with van der Waals surface area (Å²) in [7, 11) is 5.52. The molecule has 1 aromatic heterocycles. The number of nitrogens with zero attached hydrogens (tertiary/aromatic N) is 3. The third kappa shape index (κ3) is 6.19. The quantitative estimate of drug-likeness (QED) is 0.705. The summed E-state index contributed by atoms with van der Waals surface area (Å²) >= 11 is 1.42. The van der Waals surface area contributed by atoms with E-state index in [9.17, 15) is 14.4 Å². The van der Waals surface area contributed by atoms with Crippen molar-refractivity contribution in [1.82, 2.24) is 25.4 Å². The van der Waals surface area contributed by atoms with Crippen molar-refractivity contribution in [2.24, 2.45) is 5.92 Å². The minimum absolute atomic E-state index is 0.0349. The average Bonchev–Trinajstić information content (AvgIpc) is 3.10. The molecule has 2 N–H and O–H groups in total. The lowest BCUT2D eigenvalue weighted by Crippen LogP contribution is -2.56. The van der Waals surface area contributed by atoms with E-state index >= 15 is 0 Å². The van der Waals surface area contributed by atoms with Gasteiger partial charge in [-0.3, -0.25) is 9.59 Å². The van der Waals surface area contributed by atoms with Gasteiger partial charge in [0.15, 0.2) is 5.01 Å². The van der Waals surface area contributed by atoms with E-state index in [2.05, 4.69) is 27.6 Å². The maximum absolute atomic E-state index is 13.1. The van der Waals surface area contributed by atoms with E-state index in [1.165, 1.54) is 11.3 Å². The second-order valence-corrected chi connectivity index (χ2v) is 11.0. The van der Waals surface area contributed by atoms with Crippen molar-refractivity contribution in [3.8, 4) is 0 Å². The molecular formula is C22H35N5O4S. The third-order valence-electron chi connectivity index (χ3n) is 5.78. The van der Waals surface area contributed by atoms with Gasteiger partial charge in [0.25, 0.3) is 5.91 Å². The van der Waals surface area contributed by atoms with E-state index in [0.29, 0.717) is 24.3 Å². The number of ether oxygens (including phenoxy) is 1. The summed E-state index contributed by atoms with van der Waals surface area (Å²) in [4.78, 5) is 47.5. The number of hydrogen-bond acceptors (Lipinski definition) is 7. The first-order valence-electron chi connectivity index (χ1n) is 11.1. The Labute approximate surface area is 193 Å². The number of aromatic nitrogens is 1. The summed E-state index contributed by atoms with van der Waals surface area (Å²) < 4.78 is 5.40. The van der Waals surface area contributed by atoms with Crippen LogP contribution in [0, 0.1) is 5.92 Å². The number of amides is 3. The SMILES string of the molecule is CN1CCc2nc(C(=O)NC3C[C@@H](C(=O)N(C)C)CC[C@@H]3NC(=O)OC(C)(C)C)sc2C1. The van der Waals surface area contributed by atoms with Crippen molar-refractivity contribution in [1.29, 1.82) is 0 Å². The summed E-state index contributed by atoms with van der Waals surface area (Å²) in [6.45, 7) is 7.14. The molecule has 9 nitrogen and oxygen atoms in total. The lowest BCUT2D eigenvalue weighted by Gasteiger charge is -2.37. The number of carbonyl (C=O) groups excluding carboxylic acids is 3. The fourth-order valence-corrected chi connectivity index (χ4v) is 5.29. The van der Waals surface area contributed by atoms with Crippen LogP contribution in [0.2, 0.25) is 0 Å². The Kier molecular flexibility index (Phi) is 7.44. The van der Waals surface area contributed by atoms with Gasteiger partial charge in [0.2, 0.25) is 5.91 Å². The Morgan fingerprint density at radius 3 is 2.53 bits per heavy atom. The highest BCUT2D eigenvalue weighted by atomic mass is 32.1. The van der Waals surface area contributed by atoms with Gasteiger partial charge in [-0.05, 0) is 47.1 Å². The summed E-state index contributed by atoms with van der Waals surface area (Å²) in [6.07, 6.45) is 1.99. The fraction of sp³-hybridized carbons (Fsp3) is 0.727. The van der Waals surface area contributed by atoms with Crippen molar-refractivity contribution < 1.29 is 19.1 Å². The lowest BCUT2D eigenvalue weighted by atomic mass is 9.81. The van der Waals surface area contributed by atoms with Crippen LogP contribution in [-0.2, 0) is 22.5 Å². The highest BCUT2D eigenvalue weighted by Crippen LogP contribution is 2.28. The van der Waals surface area contributed by atoms with Gasteiger partial charge in [-0.15, -0.1) is 11.3 Å². The molecule has 0 aromatic carbocycles. The van der Waals surface area contributed by atoms with Crippen molar-refractivity contribution >= 4 is 29.2 Å². The molecule has 1 aromatic rings. The van der Waals surface area contributed by atoms with Gasteiger partial charge in [-0.2, -0.15) is 0 Å². The zero-order chi connectivity index (χ0) is 23.6. The molecule has 10 heteroatoms. The van der Waals surface area contributed by atoms with E-state index in [4.69, 9.17) is 4.74 Å². The first-order chi connectivity index (χ1) is 14.9. The van der Waals surface area contributed by atoms with Crippen LogP contribution in [0.4, 0.5) is 4.79 Å².